The molecule has 0 spiro atoms. The second-order valence-electron chi connectivity index (χ2n) is 8.46. The van der Waals surface area contributed by atoms with Crippen LogP contribution in [0.5, 0.6) is 5.75 Å². The second kappa shape index (κ2) is 10.5. The average molecular weight is 475 g/mol. The summed E-state index contributed by atoms with van der Waals surface area (Å²) in [6.45, 7) is 4.83. The molecule has 0 aliphatic carbocycles. The molecular weight excluding hydrogens is 448 g/mol. The molecule has 2 aromatic carbocycles. The number of halogens is 2. The molecule has 0 atom stereocenters. The monoisotopic (exact) mass is 475 g/mol. The third-order valence-corrected chi connectivity index (χ3v) is 4.60. The van der Waals surface area contributed by atoms with E-state index in [0.717, 1.165) is 11.1 Å². The van der Waals surface area contributed by atoms with E-state index in [0.29, 0.717) is 10.9 Å². The number of nitrogens with one attached hydrogen (secondary N) is 1. The molecule has 8 nitrogen and oxygen atoms in total. The molecule has 1 N–H and O–H groups in total. The zero-order valence-corrected chi connectivity index (χ0v) is 19.4. The topological polar surface area (TPSA) is 91.7 Å². The molecule has 1 aromatic heterocycles. The van der Waals surface area contributed by atoms with E-state index in [-0.39, 0.29) is 31.1 Å². The average Bonchev–Trinajstić information content (AvgIpc) is 3.10. The van der Waals surface area contributed by atoms with Crippen LogP contribution in [0.4, 0.5) is 13.6 Å². The SMILES string of the molecule is CCOC(=O)c1nn(Cc2ccc(OC(F)F)cc2)c2cc(CNC(=O)OC(C)(C)C)ccc12. The van der Waals surface area contributed by atoms with Crippen LogP contribution >= 0.6 is 0 Å². The van der Waals surface area contributed by atoms with Gasteiger partial charge in [0.05, 0.1) is 18.7 Å². The molecule has 3 rings (SSSR count). The summed E-state index contributed by atoms with van der Waals surface area (Å²) in [5.41, 5.74) is 1.74. The van der Waals surface area contributed by atoms with Gasteiger partial charge < -0.3 is 19.5 Å². The zero-order chi connectivity index (χ0) is 24.9. The summed E-state index contributed by atoms with van der Waals surface area (Å²) in [6, 6.07) is 11.5. The van der Waals surface area contributed by atoms with Crippen LogP contribution in [0, 0.1) is 0 Å². The lowest BCUT2D eigenvalue weighted by atomic mass is 10.1. The van der Waals surface area contributed by atoms with E-state index in [2.05, 4.69) is 15.2 Å². The minimum Gasteiger partial charge on any atom is -0.461 e. The van der Waals surface area contributed by atoms with Crippen LogP contribution in [-0.2, 0) is 22.6 Å². The Bertz CT molecular complexity index is 1150. The zero-order valence-electron chi connectivity index (χ0n) is 19.4. The van der Waals surface area contributed by atoms with Gasteiger partial charge >= 0.3 is 18.7 Å². The molecule has 0 fully saturated rings. The first-order valence-corrected chi connectivity index (χ1v) is 10.7. The molecule has 0 bridgehead atoms. The summed E-state index contributed by atoms with van der Waals surface area (Å²) >= 11 is 0. The first kappa shape index (κ1) is 24.9. The molecule has 0 saturated carbocycles. The molecule has 34 heavy (non-hydrogen) atoms. The number of alkyl halides is 2. The number of ether oxygens (including phenoxy) is 3. The molecule has 1 heterocycles. The van der Waals surface area contributed by atoms with E-state index in [9.17, 15) is 18.4 Å². The minimum absolute atomic E-state index is 0.0480. The highest BCUT2D eigenvalue weighted by Gasteiger charge is 2.20. The fraction of sp³-hybridized carbons (Fsp3) is 0.375. The fourth-order valence-electron chi connectivity index (χ4n) is 3.24. The highest BCUT2D eigenvalue weighted by atomic mass is 19.3. The molecule has 1 amide bonds. The van der Waals surface area contributed by atoms with Gasteiger partial charge in [-0.3, -0.25) is 4.68 Å². The number of aromatic nitrogens is 2. The number of esters is 1. The molecule has 0 radical (unpaired) electrons. The van der Waals surface area contributed by atoms with Crippen molar-refractivity contribution < 1.29 is 32.6 Å². The van der Waals surface area contributed by atoms with Crippen LogP contribution in [0.25, 0.3) is 10.9 Å². The number of carbonyl (C=O) groups is 2. The van der Waals surface area contributed by atoms with Crippen molar-refractivity contribution >= 4 is 23.0 Å². The summed E-state index contributed by atoms with van der Waals surface area (Å²) in [4.78, 5) is 24.4. The standard InChI is InChI=1S/C24H27F2N3O5/c1-5-32-21(30)20-18-11-8-16(13-27-23(31)34-24(2,3)4)12-19(18)29(28-20)14-15-6-9-17(10-7-15)33-22(25)26/h6-12,22H,5,13-14H2,1-4H3,(H,27,31). The molecule has 10 heteroatoms. The van der Waals surface area contributed by atoms with Gasteiger partial charge in [-0.25, -0.2) is 9.59 Å². The van der Waals surface area contributed by atoms with Crippen molar-refractivity contribution in [2.45, 2.75) is 53.0 Å². The molecule has 0 unspecified atom stereocenters. The van der Waals surface area contributed by atoms with E-state index in [1.165, 1.54) is 12.1 Å². The van der Waals surface area contributed by atoms with Gasteiger partial charge in [0, 0.05) is 11.9 Å². The van der Waals surface area contributed by atoms with Crippen LogP contribution in [-0.4, -0.2) is 40.7 Å². The van der Waals surface area contributed by atoms with E-state index in [4.69, 9.17) is 9.47 Å². The quantitative estimate of drug-likeness (QED) is 0.467. The third kappa shape index (κ3) is 6.66. The highest BCUT2D eigenvalue weighted by Crippen LogP contribution is 2.23. The maximum absolute atomic E-state index is 12.4. The first-order valence-electron chi connectivity index (χ1n) is 10.7. The number of alkyl carbamates (subject to hydrolysis) is 1. The van der Waals surface area contributed by atoms with Crippen molar-refractivity contribution in [3.63, 3.8) is 0 Å². The Morgan fingerprint density at radius 3 is 2.38 bits per heavy atom. The number of carbonyl (C=O) groups excluding carboxylic acids is 2. The van der Waals surface area contributed by atoms with Crippen molar-refractivity contribution in [2.75, 3.05) is 6.61 Å². The lowest BCUT2D eigenvalue weighted by Crippen LogP contribution is -2.32. The Balaban J connectivity index is 1.88. The number of rotatable bonds is 8. The van der Waals surface area contributed by atoms with Crippen LogP contribution in [0.3, 0.4) is 0 Å². The molecule has 0 aliphatic rings. The Morgan fingerprint density at radius 1 is 1.09 bits per heavy atom. The van der Waals surface area contributed by atoms with Crippen molar-refractivity contribution in [3.8, 4) is 5.75 Å². The van der Waals surface area contributed by atoms with Gasteiger partial charge in [0.1, 0.15) is 11.4 Å². The number of amides is 1. The van der Waals surface area contributed by atoms with Crippen molar-refractivity contribution in [2.24, 2.45) is 0 Å². The lowest BCUT2D eigenvalue weighted by molar-refractivity contribution is -0.0498. The van der Waals surface area contributed by atoms with Crippen LogP contribution in [0.15, 0.2) is 42.5 Å². The Hall–Kier alpha value is -3.69. The van der Waals surface area contributed by atoms with Gasteiger partial charge in [0.25, 0.3) is 0 Å². The smallest absolute Gasteiger partial charge is 0.407 e. The number of fused-ring (bicyclic) bond motifs is 1. The summed E-state index contributed by atoms with van der Waals surface area (Å²) in [7, 11) is 0. The van der Waals surface area contributed by atoms with Gasteiger partial charge in [-0.15, -0.1) is 0 Å². The molecular formula is C24H27F2N3O5. The highest BCUT2D eigenvalue weighted by molar-refractivity contribution is 6.02. The maximum atomic E-state index is 12.4. The summed E-state index contributed by atoms with van der Waals surface area (Å²) < 4.78 is 41.2. The summed E-state index contributed by atoms with van der Waals surface area (Å²) in [6.07, 6.45) is -0.542. The van der Waals surface area contributed by atoms with E-state index < -0.39 is 24.3 Å². The summed E-state index contributed by atoms with van der Waals surface area (Å²) in [5, 5.41) is 7.74. The third-order valence-electron chi connectivity index (χ3n) is 4.60. The minimum atomic E-state index is -2.90. The molecule has 182 valence electrons. The number of nitrogens with zero attached hydrogens (tertiary/aromatic N) is 2. The van der Waals surface area contributed by atoms with Gasteiger partial charge in [-0.1, -0.05) is 18.2 Å². The number of benzene rings is 2. The van der Waals surface area contributed by atoms with E-state index in [1.54, 1.807) is 56.6 Å². The molecule has 0 saturated heterocycles. The second-order valence-corrected chi connectivity index (χ2v) is 8.46. The number of hydrogen-bond acceptors (Lipinski definition) is 6. The van der Waals surface area contributed by atoms with E-state index >= 15 is 0 Å². The number of hydrogen-bond donors (Lipinski definition) is 1. The van der Waals surface area contributed by atoms with Crippen molar-refractivity contribution in [3.05, 3.63) is 59.3 Å². The predicted molar refractivity (Wildman–Crippen MR) is 121 cm³/mol. The van der Waals surface area contributed by atoms with Gasteiger partial charge in [-0.05, 0) is 63.1 Å². The van der Waals surface area contributed by atoms with Crippen molar-refractivity contribution in [1.82, 2.24) is 15.1 Å². The van der Waals surface area contributed by atoms with Gasteiger partial charge in [-0.2, -0.15) is 13.9 Å². The van der Waals surface area contributed by atoms with Crippen LogP contribution < -0.4 is 10.1 Å². The summed E-state index contributed by atoms with van der Waals surface area (Å²) in [5.74, 6) is -0.502. The van der Waals surface area contributed by atoms with E-state index in [1.807, 2.05) is 6.07 Å². The Labute approximate surface area is 195 Å². The Morgan fingerprint density at radius 2 is 1.76 bits per heavy atom. The first-order chi connectivity index (χ1) is 16.1. The normalized spacial score (nSPS) is 11.5. The van der Waals surface area contributed by atoms with Gasteiger partial charge in [0.2, 0.25) is 0 Å². The van der Waals surface area contributed by atoms with Crippen molar-refractivity contribution in [1.29, 1.82) is 0 Å². The van der Waals surface area contributed by atoms with Crippen LogP contribution in [0.2, 0.25) is 0 Å². The molecule has 0 aliphatic heterocycles. The van der Waals surface area contributed by atoms with Gasteiger partial charge in [0.15, 0.2) is 5.69 Å². The Kier molecular flexibility index (Phi) is 7.70. The lowest BCUT2D eigenvalue weighted by Gasteiger charge is -2.19. The fourth-order valence-corrected chi connectivity index (χ4v) is 3.24. The predicted octanol–water partition coefficient (Wildman–Crippen LogP) is 4.89. The largest absolute Gasteiger partial charge is 0.461 e. The maximum Gasteiger partial charge on any atom is 0.407 e. The van der Waals surface area contributed by atoms with Crippen LogP contribution in [0.1, 0.15) is 49.3 Å². The molecule has 3 aromatic rings.